The lowest BCUT2D eigenvalue weighted by atomic mass is 10.1. The van der Waals surface area contributed by atoms with E-state index in [1.165, 1.54) is 0 Å². The van der Waals surface area contributed by atoms with E-state index in [9.17, 15) is 4.79 Å². The molecule has 1 rings (SSSR count). The van der Waals surface area contributed by atoms with Gasteiger partial charge in [0.2, 0.25) is 0 Å². The molecule has 0 aliphatic rings. The Kier molecular flexibility index (Phi) is 6.87. The van der Waals surface area contributed by atoms with Crippen LogP contribution in [-0.4, -0.2) is 30.3 Å². The zero-order chi connectivity index (χ0) is 15.0. The van der Waals surface area contributed by atoms with E-state index in [0.717, 1.165) is 18.4 Å². The van der Waals surface area contributed by atoms with E-state index in [0.29, 0.717) is 24.7 Å². The van der Waals surface area contributed by atoms with Crippen molar-refractivity contribution >= 4 is 5.97 Å². The van der Waals surface area contributed by atoms with Crippen LogP contribution < -0.4 is 15.2 Å². The summed E-state index contributed by atoms with van der Waals surface area (Å²) in [6.07, 6.45) is 2.32. The van der Waals surface area contributed by atoms with Crippen molar-refractivity contribution in [3.8, 4) is 11.5 Å². The topological polar surface area (TPSA) is 81.8 Å². The Labute approximate surface area is 119 Å². The van der Waals surface area contributed by atoms with Gasteiger partial charge in [-0.15, -0.1) is 0 Å². The second kappa shape index (κ2) is 8.43. The van der Waals surface area contributed by atoms with Gasteiger partial charge in [-0.3, -0.25) is 4.79 Å². The maximum Gasteiger partial charge on any atom is 0.320 e. The molecule has 0 aromatic heterocycles. The molecule has 0 amide bonds. The van der Waals surface area contributed by atoms with Crippen molar-refractivity contribution in [3.05, 3.63) is 23.8 Å². The van der Waals surface area contributed by atoms with Gasteiger partial charge in [0.15, 0.2) is 11.5 Å². The molecule has 1 unspecified atom stereocenters. The van der Waals surface area contributed by atoms with Gasteiger partial charge in [0.25, 0.3) is 0 Å². The van der Waals surface area contributed by atoms with Crippen LogP contribution >= 0.6 is 0 Å². The standard InChI is InChI=1S/C15H23NO4/c1-3-5-8-20-13-7-6-11(9-12(16)15(17)18)10-14(13)19-4-2/h6-7,10,12H,3-5,8-9,16H2,1-2H3,(H,17,18). The number of hydrogen-bond acceptors (Lipinski definition) is 4. The predicted molar refractivity (Wildman–Crippen MR) is 77.3 cm³/mol. The molecule has 1 aromatic rings. The molecule has 0 saturated heterocycles. The van der Waals surface area contributed by atoms with Crippen molar-refractivity contribution in [2.24, 2.45) is 5.73 Å². The molecule has 0 aliphatic heterocycles. The first-order valence-corrected chi connectivity index (χ1v) is 6.95. The summed E-state index contributed by atoms with van der Waals surface area (Å²) in [5.41, 5.74) is 6.36. The Morgan fingerprint density at radius 2 is 2.05 bits per heavy atom. The van der Waals surface area contributed by atoms with Gasteiger partial charge >= 0.3 is 5.97 Å². The molecule has 1 aromatic carbocycles. The summed E-state index contributed by atoms with van der Waals surface area (Å²) >= 11 is 0. The summed E-state index contributed by atoms with van der Waals surface area (Å²) in [6.45, 7) is 5.16. The minimum atomic E-state index is -1.01. The van der Waals surface area contributed by atoms with Crippen LogP contribution in [-0.2, 0) is 11.2 Å². The molecule has 0 heterocycles. The lowest BCUT2D eigenvalue weighted by Crippen LogP contribution is -2.32. The third-order valence-corrected chi connectivity index (χ3v) is 2.84. The maximum atomic E-state index is 10.8. The zero-order valence-electron chi connectivity index (χ0n) is 12.1. The molecule has 0 spiro atoms. The summed E-state index contributed by atoms with van der Waals surface area (Å²) in [4.78, 5) is 10.8. The first kappa shape index (κ1) is 16.3. The van der Waals surface area contributed by atoms with Crippen molar-refractivity contribution in [1.82, 2.24) is 0 Å². The van der Waals surface area contributed by atoms with Gasteiger partial charge in [-0.05, 0) is 37.5 Å². The van der Waals surface area contributed by atoms with Crippen LogP contribution in [0.25, 0.3) is 0 Å². The lowest BCUT2D eigenvalue weighted by molar-refractivity contribution is -0.138. The van der Waals surface area contributed by atoms with Gasteiger partial charge in [-0.2, -0.15) is 0 Å². The fraction of sp³-hybridized carbons (Fsp3) is 0.533. The van der Waals surface area contributed by atoms with E-state index in [1.807, 2.05) is 19.1 Å². The third kappa shape index (κ3) is 5.09. The van der Waals surface area contributed by atoms with Crippen molar-refractivity contribution in [3.63, 3.8) is 0 Å². The fourth-order valence-electron chi connectivity index (χ4n) is 1.73. The van der Waals surface area contributed by atoms with Gasteiger partial charge < -0.3 is 20.3 Å². The zero-order valence-corrected chi connectivity index (χ0v) is 12.1. The molecular weight excluding hydrogens is 258 g/mol. The molecule has 5 nitrogen and oxygen atoms in total. The van der Waals surface area contributed by atoms with E-state index in [-0.39, 0.29) is 6.42 Å². The molecule has 3 N–H and O–H groups in total. The molecule has 112 valence electrons. The highest BCUT2D eigenvalue weighted by Crippen LogP contribution is 2.29. The summed E-state index contributed by atoms with van der Waals surface area (Å²) in [6, 6.07) is 4.53. The van der Waals surface area contributed by atoms with Crippen LogP contribution in [0.1, 0.15) is 32.3 Å². The minimum Gasteiger partial charge on any atom is -0.490 e. The molecule has 20 heavy (non-hydrogen) atoms. The predicted octanol–water partition coefficient (Wildman–Crippen LogP) is 2.22. The average Bonchev–Trinajstić information content (AvgIpc) is 2.41. The molecule has 0 fully saturated rings. The van der Waals surface area contributed by atoms with Crippen LogP contribution in [0.15, 0.2) is 18.2 Å². The molecule has 0 aliphatic carbocycles. The third-order valence-electron chi connectivity index (χ3n) is 2.84. The highest BCUT2D eigenvalue weighted by Gasteiger charge is 2.14. The number of nitrogens with two attached hydrogens (primary N) is 1. The van der Waals surface area contributed by atoms with Crippen LogP contribution in [0.5, 0.6) is 11.5 Å². The fourth-order valence-corrected chi connectivity index (χ4v) is 1.73. The highest BCUT2D eigenvalue weighted by atomic mass is 16.5. The molecule has 0 saturated carbocycles. The Hall–Kier alpha value is -1.75. The minimum absolute atomic E-state index is 0.268. The monoisotopic (exact) mass is 281 g/mol. The largest absolute Gasteiger partial charge is 0.490 e. The summed E-state index contributed by atoms with van der Waals surface area (Å²) in [5, 5.41) is 8.83. The van der Waals surface area contributed by atoms with Crippen molar-refractivity contribution < 1.29 is 19.4 Å². The van der Waals surface area contributed by atoms with Crippen LogP contribution in [0, 0.1) is 0 Å². The van der Waals surface area contributed by atoms with E-state index >= 15 is 0 Å². The van der Waals surface area contributed by atoms with Crippen molar-refractivity contribution in [1.29, 1.82) is 0 Å². The van der Waals surface area contributed by atoms with E-state index in [1.54, 1.807) is 6.07 Å². The number of unbranched alkanes of at least 4 members (excludes halogenated alkanes) is 1. The van der Waals surface area contributed by atoms with E-state index in [2.05, 4.69) is 6.92 Å². The highest BCUT2D eigenvalue weighted by molar-refractivity contribution is 5.73. The number of carbonyl (C=O) groups is 1. The number of carboxylic acid groups (broad SMARTS) is 1. The number of hydrogen-bond donors (Lipinski definition) is 2. The van der Waals surface area contributed by atoms with Gasteiger partial charge in [-0.25, -0.2) is 0 Å². The maximum absolute atomic E-state index is 10.8. The molecule has 1 atom stereocenters. The molecule has 5 heteroatoms. The number of aliphatic carboxylic acids is 1. The summed E-state index contributed by atoms with van der Waals surface area (Å²) in [7, 11) is 0. The van der Waals surface area contributed by atoms with Crippen molar-refractivity contribution in [2.75, 3.05) is 13.2 Å². The van der Waals surface area contributed by atoms with Crippen LogP contribution in [0.2, 0.25) is 0 Å². The smallest absolute Gasteiger partial charge is 0.320 e. The first-order chi connectivity index (χ1) is 9.58. The van der Waals surface area contributed by atoms with E-state index < -0.39 is 12.0 Å². The van der Waals surface area contributed by atoms with Gasteiger partial charge in [0.05, 0.1) is 13.2 Å². The number of ether oxygens (including phenoxy) is 2. The molecule has 0 bridgehead atoms. The molecular formula is C15H23NO4. The Morgan fingerprint density at radius 1 is 1.30 bits per heavy atom. The van der Waals surface area contributed by atoms with Crippen molar-refractivity contribution in [2.45, 2.75) is 39.2 Å². The molecule has 0 radical (unpaired) electrons. The Bertz CT molecular complexity index is 434. The Balaban J connectivity index is 2.80. The van der Waals surface area contributed by atoms with Crippen LogP contribution in [0.4, 0.5) is 0 Å². The van der Waals surface area contributed by atoms with Gasteiger partial charge in [0, 0.05) is 0 Å². The van der Waals surface area contributed by atoms with Gasteiger partial charge in [-0.1, -0.05) is 19.4 Å². The van der Waals surface area contributed by atoms with Crippen LogP contribution in [0.3, 0.4) is 0 Å². The van der Waals surface area contributed by atoms with E-state index in [4.69, 9.17) is 20.3 Å². The first-order valence-electron chi connectivity index (χ1n) is 6.95. The quantitative estimate of drug-likeness (QED) is 0.678. The number of carboxylic acids is 1. The summed E-state index contributed by atoms with van der Waals surface area (Å²) < 4.78 is 11.2. The van der Waals surface area contributed by atoms with Gasteiger partial charge in [0.1, 0.15) is 6.04 Å². The second-order valence-electron chi connectivity index (χ2n) is 4.56. The average molecular weight is 281 g/mol. The normalized spacial score (nSPS) is 11.9. The number of benzene rings is 1. The Morgan fingerprint density at radius 3 is 2.65 bits per heavy atom. The lowest BCUT2D eigenvalue weighted by Gasteiger charge is -2.14. The number of rotatable bonds is 9. The second-order valence-corrected chi connectivity index (χ2v) is 4.56. The summed E-state index contributed by atoms with van der Waals surface area (Å²) in [5.74, 6) is 0.317. The SMILES string of the molecule is CCCCOc1ccc(CC(N)C(=O)O)cc1OCC.